The first kappa shape index (κ1) is 11.8. The van der Waals surface area contributed by atoms with Gasteiger partial charge in [-0.1, -0.05) is 30.3 Å². The molecule has 1 nitrogen and oxygen atoms in total. The molecule has 2 aromatic rings. The summed E-state index contributed by atoms with van der Waals surface area (Å²) >= 11 is 0. The van der Waals surface area contributed by atoms with Crippen molar-refractivity contribution in [3.63, 3.8) is 0 Å². The van der Waals surface area contributed by atoms with Crippen molar-refractivity contribution in [2.45, 2.75) is 33.2 Å². The minimum Gasteiger partial charge on any atom is -0.205 e. The van der Waals surface area contributed by atoms with Gasteiger partial charge in [-0.15, -0.1) is 0 Å². The molecule has 17 heavy (non-hydrogen) atoms. The highest BCUT2D eigenvalue weighted by molar-refractivity contribution is 5.14. The zero-order chi connectivity index (χ0) is 12.1. The molecule has 0 saturated heterocycles. The minimum absolute atomic E-state index is 1.09. The highest BCUT2D eigenvalue weighted by atomic mass is 14.9. The van der Waals surface area contributed by atoms with Gasteiger partial charge in [0.25, 0.3) is 0 Å². The molecule has 0 aliphatic rings. The van der Waals surface area contributed by atoms with Crippen molar-refractivity contribution in [2.75, 3.05) is 0 Å². The minimum atomic E-state index is 1.09. The molecular weight excluding hydrogens is 206 g/mol. The number of pyridine rings is 1. The maximum absolute atomic E-state index is 2.30. The van der Waals surface area contributed by atoms with E-state index in [4.69, 9.17) is 0 Å². The summed E-state index contributed by atoms with van der Waals surface area (Å²) in [6, 6.07) is 12.9. The molecule has 1 aromatic carbocycles. The molecule has 0 aliphatic heterocycles. The van der Waals surface area contributed by atoms with Crippen LogP contribution >= 0.6 is 0 Å². The summed E-state index contributed by atoms with van der Waals surface area (Å²) in [7, 11) is 0. The molecule has 0 amide bonds. The zero-order valence-corrected chi connectivity index (χ0v) is 10.7. The Morgan fingerprint density at radius 1 is 0.941 bits per heavy atom. The summed E-state index contributed by atoms with van der Waals surface area (Å²) in [5.41, 5.74) is 4.10. The fourth-order valence-electron chi connectivity index (χ4n) is 2.23. The second-order valence-electron chi connectivity index (χ2n) is 4.72. The SMILES string of the molecule is Cc1cc(C)c[n+](CCCc2ccccc2)c1. The molecule has 1 heteroatoms. The number of benzene rings is 1. The van der Waals surface area contributed by atoms with Gasteiger partial charge in [0.1, 0.15) is 6.54 Å². The van der Waals surface area contributed by atoms with Crippen LogP contribution in [0.4, 0.5) is 0 Å². The lowest BCUT2D eigenvalue weighted by atomic mass is 10.1. The van der Waals surface area contributed by atoms with Gasteiger partial charge in [-0.05, 0) is 31.9 Å². The van der Waals surface area contributed by atoms with Crippen molar-refractivity contribution in [1.29, 1.82) is 0 Å². The summed E-state index contributed by atoms with van der Waals surface area (Å²) in [6.45, 7) is 5.40. The molecule has 0 unspecified atom stereocenters. The third kappa shape index (κ3) is 3.70. The lowest BCUT2D eigenvalue weighted by Gasteiger charge is -2.01. The van der Waals surface area contributed by atoms with Gasteiger partial charge in [0.2, 0.25) is 0 Å². The fourth-order valence-corrected chi connectivity index (χ4v) is 2.23. The maximum Gasteiger partial charge on any atom is 0.171 e. The number of aromatic nitrogens is 1. The van der Waals surface area contributed by atoms with Crippen molar-refractivity contribution >= 4 is 0 Å². The summed E-state index contributed by atoms with van der Waals surface area (Å²) in [4.78, 5) is 0. The Hall–Kier alpha value is -1.63. The van der Waals surface area contributed by atoms with E-state index >= 15 is 0 Å². The van der Waals surface area contributed by atoms with Crippen LogP contribution in [0.2, 0.25) is 0 Å². The number of nitrogens with zero attached hydrogens (tertiary/aromatic N) is 1. The Morgan fingerprint density at radius 2 is 1.59 bits per heavy atom. The smallest absolute Gasteiger partial charge is 0.171 e. The molecule has 0 radical (unpaired) electrons. The maximum atomic E-state index is 2.30. The fraction of sp³-hybridized carbons (Fsp3) is 0.312. The Bertz CT molecular complexity index is 454. The van der Waals surface area contributed by atoms with Gasteiger partial charge in [0.05, 0.1) is 0 Å². The van der Waals surface area contributed by atoms with Crippen molar-refractivity contribution in [2.24, 2.45) is 0 Å². The summed E-state index contributed by atoms with van der Waals surface area (Å²) < 4.78 is 2.30. The van der Waals surface area contributed by atoms with E-state index in [-0.39, 0.29) is 0 Å². The molecule has 0 fully saturated rings. The normalized spacial score (nSPS) is 10.5. The van der Waals surface area contributed by atoms with Crippen molar-refractivity contribution in [3.05, 3.63) is 65.5 Å². The van der Waals surface area contributed by atoms with E-state index < -0.39 is 0 Å². The second kappa shape index (κ2) is 5.62. The lowest BCUT2D eigenvalue weighted by Crippen LogP contribution is -2.33. The molecule has 0 bridgehead atoms. The Morgan fingerprint density at radius 3 is 2.24 bits per heavy atom. The first-order valence-electron chi connectivity index (χ1n) is 6.25. The van der Waals surface area contributed by atoms with E-state index in [1.165, 1.54) is 23.1 Å². The molecule has 0 N–H and O–H groups in total. The van der Waals surface area contributed by atoms with Gasteiger partial charge in [0, 0.05) is 17.5 Å². The predicted molar refractivity (Wildman–Crippen MR) is 70.9 cm³/mol. The summed E-state index contributed by atoms with van der Waals surface area (Å²) in [5, 5.41) is 0. The molecule has 88 valence electrons. The first-order chi connectivity index (χ1) is 8.24. The van der Waals surface area contributed by atoms with Crippen LogP contribution in [0.3, 0.4) is 0 Å². The van der Waals surface area contributed by atoms with Crippen LogP contribution in [-0.2, 0) is 13.0 Å². The van der Waals surface area contributed by atoms with Gasteiger partial charge in [-0.2, -0.15) is 0 Å². The standard InChI is InChI=1S/C16H20N/c1-14-11-15(2)13-17(12-14)10-6-9-16-7-4-3-5-8-16/h3-5,7-8,11-13H,6,9-10H2,1-2H3/q+1. The summed E-state index contributed by atoms with van der Waals surface area (Å²) in [6.07, 6.45) is 6.79. The van der Waals surface area contributed by atoms with Gasteiger partial charge >= 0.3 is 0 Å². The van der Waals surface area contributed by atoms with E-state index in [0.717, 1.165) is 13.0 Å². The largest absolute Gasteiger partial charge is 0.205 e. The van der Waals surface area contributed by atoms with Crippen LogP contribution in [0.15, 0.2) is 48.8 Å². The molecule has 0 saturated carbocycles. The molecule has 1 heterocycles. The molecular formula is C16H20N+. The van der Waals surface area contributed by atoms with Crippen LogP contribution in [0, 0.1) is 13.8 Å². The quantitative estimate of drug-likeness (QED) is 0.705. The molecule has 1 aromatic heterocycles. The number of hydrogen-bond donors (Lipinski definition) is 0. The Kier molecular flexibility index (Phi) is 3.92. The lowest BCUT2D eigenvalue weighted by molar-refractivity contribution is -0.697. The van der Waals surface area contributed by atoms with E-state index in [1.807, 2.05) is 0 Å². The number of aryl methyl sites for hydroxylation is 4. The van der Waals surface area contributed by atoms with Crippen molar-refractivity contribution in [3.8, 4) is 0 Å². The van der Waals surface area contributed by atoms with Gasteiger partial charge in [0.15, 0.2) is 12.4 Å². The van der Waals surface area contributed by atoms with E-state index in [2.05, 4.69) is 67.2 Å². The monoisotopic (exact) mass is 226 g/mol. The van der Waals surface area contributed by atoms with E-state index in [9.17, 15) is 0 Å². The average Bonchev–Trinajstić information content (AvgIpc) is 2.29. The third-order valence-electron chi connectivity index (χ3n) is 2.92. The topological polar surface area (TPSA) is 3.88 Å². The second-order valence-corrected chi connectivity index (χ2v) is 4.72. The van der Waals surface area contributed by atoms with Crippen LogP contribution in [0.1, 0.15) is 23.1 Å². The number of rotatable bonds is 4. The zero-order valence-electron chi connectivity index (χ0n) is 10.7. The van der Waals surface area contributed by atoms with Crippen LogP contribution in [0.25, 0.3) is 0 Å². The van der Waals surface area contributed by atoms with Crippen molar-refractivity contribution in [1.82, 2.24) is 0 Å². The highest BCUT2D eigenvalue weighted by Gasteiger charge is 2.02. The van der Waals surface area contributed by atoms with Crippen molar-refractivity contribution < 1.29 is 4.57 Å². The molecule has 2 rings (SSSR count). The first-order valence-corrected chi connectivity index (χ1v) is 6.25. The third-order valence-corrected chi connectivity index (χ3v) is 2.92. The molecule has 0 atom stereocenters. The van der Waals surface area contributed by atoms with Gasteiger partial charge in [-0.25, -0.2) is 4.57 Å². The number of hydrogen-bond acceptors (Lipinski definition) is 0. The van der Waals surface area contributed by atoms with Crippen LogP contribution in [-0.4, -0.2) is 0 Å². The van der Waals surface area contributed by atoms with Crippen LogP contribution < -0.4 is 4.57 Å². The Balaban J connectivity index is 1.90. The predicted octanol–water partition coefficient (Wildman–Crippen LogP) is 3.22. The summed E-state index contributed by atoms with van der Waals surface area (Å²) in [5.74, 6) is 0. The molecule has 0 aliphatic carbocycles. The average molecular weight is 226 g/mol. The van der Waals surface area contributed by atoms with Gasteiger partial charge in [-0.3, -0.25) is 0 Å². The van der Waals surface area contributed by atoms with Gasteiger partial charge < -0.3 is 0 Å². The highest BCUT2D eigenvalue weighted by Crippen LogP contribution is 2.03. The van der Waals surface area contributed by atoms with E-state index in [0.29, 0.717) is 0 Å². The van der Waals surface area contributed by atoms with E-state index in [1.54, 1.807) is 0 Å². The van der Waals surface area contributed by atoms with Crippen LogP contribution in [0.5, 0.6) is 0 Å². The Labute approximate surface area is 104 Å². The molecule has 0 spiro atoms.